The third-order valence-electron chi connectivity index (χ3n) is 5.32. The number of carbonyl (C=O) groups excluding carboxylic acids is 4. The van der Waals surface area contributed by atoms with Gasteiger partial charge in [0.05, 0.1) is 0 Å². The first-order valence-corrected chi connectivity index (χ1v) is 10.8. The molecule has 1 aromatic carbocycles. The number of carbonyl (C=O) groups is 4. The maximum absolute atomic E-state index is 13.0. The number of hydrogen-bond donors (Lipinski definition) is 1. The average Bonchev–Trinajstić information content (AvgIpc) is 2.74. The van der Waals surface area contributed by atoms with E-state index >= 15 is 0 Å². The number of hydrogen-bond acceptors (Lipinski definition) is 6. The maximum Gasteiger partial charge on any atom is 0.410 e. The predicted molar refractivity (Wildman–Crippen MR) is 115 cm³/mol. The number of ether oxygens (including phenoxy) is 2. The van der Waals surface area contributed by atoms with E-state index in [4.69, 9.17) is 21.1 Å². The van der Waals surface area contributed by atoms with Crippen molar-refractivity contribution in [3.05, 3.63) is 34.9 Å². The number of esters is 1. The lowest BCUT2D eigenvalue weighted by molar-refractivity contribution is -0.145. The van der Waals surface area contributed by atoms with E-state index in [2.05, 4.69) is 5.32 Å². The molecular formula is C22H29ClN2O6. The molecule has 2 rings (SSSR count). The summed E-state index contributed by atoms with van der Waals surface area (Å²) in [6.07, 6.45) is 2.30. The summed E-state index contributed by atoms with van der Waals surface area (Å²) in [4.78, 5) is 49.5. The fourth-order valence-electron chi connectivity index (χ4n) is 3.74. The number of rotatable bonds is 9. The Balaban J connectivity index is 1.91. The smallest absolute Gasteiger partial charge is 0.410 e. The second kappa shape index (κ2) is 11.7. The van der Waals surface area contributed by atoms with Crippen LogP contribution in [0.25, 0.3) is 0 Å². The van der Waals surface area contributed by atoms with Gasteiger partial charge in [-0.2, -0.15) is 0 Å². The summed E-state index contributed by atoms with van der Waals surface area (Å²) in [5.41, 5.74) is -0.583. The highest BCUT2D eigenvalue weighted by Gasteiger charge is 2.48. The van der Waals surface area contributed by atoms with E-state index in [9.17, 15) is 19.2 Å². The van der Waals surface area contributed by atoms with Crippen LogP contribution in [-0.2, 0) is 29.4 Å². The Morgan fingerprint density at radius 1 is 1.16 bits per heavy atom. The van der Waals surface area contributed by atoms with Gasteiger partial charge in [-0.15, -0.1) is 0 Å². The van der Waals surface area contributed by atoms with Crippen molar-refractivity contribution in [2.24, 2.45) is 0 Å². The molecular weight excluding hydrogens is 424 g/mol. The van der Waals surface area contributed by atoms with E-state index < -0.39 is 17.6 Å². The zero-order valence-electron chi connectivity index (χ0n) is 17.9. The minimum Gasteiger partial charge on any atom is -0.462 e. The summed E-state index contributed by atoms with van der Waals surface area (Å²) >= 11 is 6.38. The quantitative estimate of drug-likeness (QED) is 0.456. The van der Waals surface area contributed by atoms with Crippen LogP contribution in [-0.4, -0.2) is 55.5 Å². The molecule has 0 radical (unpaired) electrons. The van der Waals surface area contributed by atoms with Crippen LogP contribution in [0.4, 0.5) is 4.79 Å². The number of nitrogens with zero attached hydrogens (tertiary/aromatic N) is 1. The van der Waals surface area contributed by atoms with E-state index in [1.165, 1.54) is 18.9 Å². The molecule has 0 unspecified atom stereocenters. The Bertz CT molecular complexity index is 815. The van der Waals surface area contributed by atoms with Gasteiger partial charge in [-0.25, -0.2) is 4.79 Å². The van der Waals surface area contributed by atoms with Crippen molar-refractivity contribution in [1.29, 1.82) is 0 Å². The molecule has 0 aromatic heterocycles. The minimum absolute atomic E-state index is 0.0723. The molecule has 2 amide bonds. The molecule has 1 aromatic rings. The van der Waals surface area contributed by atoms with E-state index in [1.807, 2.05) is 0 Å². The van der Waals surface area contributed by atoms with Gasteiger partial charge >= 0.3 is 12.1 Å². The molecule has 1 atom stereocenters. The van der Waals surface area contributed by atoms with E-state index in [0.29, 0.717) is 36.4 Å². The number of amides is 2. The summed E-state index contributed by atoms with van der Waals surface area (Å²) < 4.78 is 10.3. The number of benzene rings is 1. The summed E-state index contributed by atoms with van der Waals surface area (Å²) in [6, 6.07) is 7.02. The lowest BCUT2D eigenvalue weighted by Gasteiger charge is -2.43. The molecule has 1 fully saturated rings. The van der Waals surface area contributed by atoms with Crippen LogP contribution in [0.1, 0.15) is 51.0 Å². The molecule has 31 heavy (non-hydrogen) atoms. The lowest BCUT2D eigenvalue weighted by Crippen LogP contribution is -2.54. The highest BCUT2D eigenvalue weighted by atomic mass is 35.5. The molecule has 170 valence electrons. The third-order valence-corrected chi connectivity index (χ3v) is 5.65. The molecule has 1 N–H and O–H groups in total. The highest BCUT2D eigenvalue weighted by molar-refractivity contribution is 6.31. The molecule has 8 nitrogen and oxygen atoms in total. The maximum atomic E-state index is 13.0. The van der Waals surface area contributed by atoms with Crippen LogP contribution in [0.2, 0.25) is 5.02 Å². The molecule has 0 spiro atoms. The molecule has 9 heteroatoms. The van der Waals surface area contributed by atoms with E-state index in [1.54, 1.807) is 24.3 Å². The van der Waals surface area contributed by atoms with Gasteiger partial charge in [0.2, 0.25) is 5.91 Å². The number of Topliss-reactive ketones (excluding diaryl/α,β-unsaturated/α-hetero) is 1. The van der Waals surface area contributed by atoms with Gasteiger partial charge in [0.15, 0.2) is 5.78 Å². The van der Waals surface area contributed by atoms with Crippen LogP contribution in [0.5, 0.6) is 0 Å². The van der Waals surface area contributed by atoms with Crippen molar-refractivity contribution in [2.75, 3.05) is 26.8 Å². The topological polar surface area (TPSA) is 102 Å². The third kappa shape index (κ3) is 6.43. The summed E-state index contributed by atoms with van der Waals surface area (Å²) in [5.74, 6) is -0.669. The van der Waals surface area contributed by atoms with Crippen LogP contribution < -0.4 is 5.32 Å². The fourth-order valence-corrected chi connectivity index (χ4v) is 4.03. The van der Waals surface area contributed by atoms with Gasteiger partial charge in [-0.1, -0.05) is 29.8 Å². The summed E-state index contributed by atoms with van der Waals surface area (Å²) in [5, 5.41) is 3.01. The van der Waals surface area contributed by atoms with Crippen LogP contribution in [0.15, 0.2) is 24.3 Å². The van der Waals surface area contributed by atoms with Crippen molar-refractivity contribution >= 4 is 35.4 Å². The average molecular weight is 453 g/mol. The Hall–Kier alpha value is -2.61. The monoisotopic (exact) mass is 452 g/mol. The molecule has 0 aliphatic heterocycles. The van der Waals surface area contributed by atoms with E-state index in [0.717, 1.165) is 12.8 Å². The number of nitrogens with one attached hydrogen (secondary N) is 1. The van der Waals surface area contributed by atoms with Crippen LogP contribution >= 0.6 is 11.6 Å². The second-order valence-electron chi connectivity index (χ2n) is 7.45. The Labute approximate surface area is 187 Å². The molecule has 0 bridgehead atoms. The highest BCUT2D eigenvalue weighted by Crippen LogP contribution is 2.42. The van der Waals surface area contributed by atoms with Gasteiger partial charge < -0.3 is 14.8 Å². The zero-order chi connectivity index (χ0) is 22.9. The Morgan fingerprint density at radius 2 is 1.87 bits per heavy atom. The summed E-state index contributed by atoms with van der Waals surface area (Å²) in [6.45, 7) is 1.57. The minimum atomic E-state index is -1.17. The van der Waals surface area contributed by atoms with Crippen molar-refractivity contribution < 1.29 is 28.7 Å². The first-order chi connectivity index (χ1) is 14.8. The lowest BCUT2D eigenvalue weighted by atomic mass is 9.74. The van der Waals surface area contributed by atoms with Crippen LogP contribution in [0, 0.1) is 0 Å². The van der Waals surface area contributed by atoms with E-state index in [-0.39, 0.29) is 31.3 Å². The first kappa shape index (κ1) is 24.7. The number of likely N-dealkylation sites (N-methyl/N-ethyl adjacent to an activating group) is 1. The zero-order valence-corrected chi connectivity index (χ0v) is 18.7. The predicted octanol–water partition coefficient (Wildman–Crippen LogP) is 3.21. The standard InChI is InChI=1S/C22H29ClN2O6/c1-16(26)24-13-7-11-20(28)30-14-15-31-21(29)25(2)22(12-6-5-10-19(22)27)17-8-3-4-9-18(17)23/h3-4,8-9H,5-7,10-15H2,1-2H3,(H,24,26)/t22-/m0/s1. The van der Waals surface area contributed by atoms with Gasteiger partial charge in [0.25, 0.3) is 0 Å². The molecule has 0 heterocycles. The molecule has 1 aliphatic rings. The fraction of sp³-hybridized carbons (Fsp3) is 0.545. The molecule has 0 saturated heterocycles. The van der Waals surface area contributed by atoms with Crippen molar-refractivity contribution in [3.63, 3.8) is 0 Å². The number of ketones is 1. The largest absolute Gasteiger partial charge is 0.462 e. The van der Waals surface area contributed by atoms with Crippen molar-refractivity contribution in [2.45, 2.75) is 51.0 Å². The van der Waals surface area contributed by atoms with Gasteiger partial charge in [-0.05, 0) is 31.7 Å². The van der Waals surface area contributed by atoms with Gasteiger partial charge in [-0.3, -0.25) is 19.3 Å². The Morgan fingerprint density at radius 3 is 2.55 bits per heavy atom. The number of halogens is 1. The first-order valence-electron chi connectivity index (χ1n) is 10.4. The van der Waals surface area contributed by atoms with Gasteiger partial charge in [0, 0.05) is 43.9 Å². The molecule has 1 saturated carbocycles. The summed E-state index contributed by atoms with van der Waals surface area (Å²) in [7, 11) is 1.53. The van der Waals surface area contributed by atoms with Gasteiger partial charge in [0.1, 0.15) is 18.8 Å². The SMILES string of the molecule is CC(=O)NCCCC(=O)OCCOC(=O)N(C)[C@]1(c2ccccc2Cl)CCCCC1=O. The Kier molecular flexibility index (Phi) is 9.30. The second-order valence-corrected chi connectivity index (χ2v) is 7.86. The van der Waals surface area contributed by atoms with Crippen molar-refractivity contribution in [1.82, 2.24) is 10.2 Å². The normalized spacial score (nSPS) is 18.2. The van der Waals surface area contributed by atoms with Crippen molar-refractivity contribution in [3.8, 4) is 0 Å². The van der Waals surface area contributed by atoms with Crippen LogP contribution in [0.3, 0.4) is 0 Å². The molecule has 1 aliphatic carbocycles.